The van der Waals surface area contributed by atoms with Crippen LogP contribution in [0.2, 0.25) is 0 Å². The van der Waals surface area contributed by atoms with E-state index in [4.69, 9.17) is 9.47 Å². The number of para-hydroxylation sites is 1. The van der Waals surface area contributed by atoms with Crippen LogP contribution in [0.3, 0.4) is 0 Å². The smallest absolute Gasteiger partial charge is 0.337 e. The zero-order chi connectivity index (χ0) is 19.9. The molecule has 1 N–H and O–H groups in total. The predicted octanol–water partition coefficient (Wildman–Crippen LogP) is 2.48. The molecule has 1 aromatic carbocycles. The largest absolute Gasteiger partial charge is 0.504 e. The molecule has 1 aromatic rings. The first-order valence-electron chi connectivity index (χ1n) is 9.65. The van der Waals surface area contributed by atoms with Crippen molar-refractivity contribution in [3.63, 3.8) is 0 Å². The molecule has 148 valence electrons. The third kappa shape index (κ3) is 2.58. The van der Waals surface area contributed by atoms with E-state index in [0.717, 1.165) is 30.8 Å². The van der Waals surface area contributed by atoms with Crippen LogP contribution < -0.4 is 5.32 Å². The van der Waals surface area contributed by atoms with E-state index in [2.05, 4.69) is 22.9 Å². The van der Waals surface area contributed by atoms with Gasteiger partial charge in [0.25, 0.3) is 0 Å². The molecule has 2 fully saturated rings. The summed E-state index contributed by atoms with van der Waals surface area (Å²) in [7, 11) is 2.90. The van der Waals surface area contributed by atoms with Gasteiger partial charge < -0.3 is 14.8 Å². The van der Waals surface area contributed by atoms with Crippen molar-refractivity contribution in [2.45, 2.75) is 24.3 Å². The number of methoxy groups -OCH3 is 2. The van der Waals surface area contributed by atoms with Gasteiger partial charge in [-0.3, -0.25) is 9.69 Å². The fraction of sp³-hybridized carbons (Fsp3) is 0.455. The Morgan fingerprint density at radius 2 is 2.14 bits per heavy atom. The number of hydrogen-bond donors (Lipinski definition) is 1. The molecule has 1 spiro atoms. The van der Waals surface area contributed by atoms with Crippen molar-refractivity contribution in [1.29, 1.82) is 0 Å². The number of amides is 1. The van der Waals surface area contributed by atoms with E-state index in [-0.39, 0.29) is 23.8 Å². The van der Waals surface area contributed by atoms with Crippen molar-refractivity contribution in [1.82, 2.24) is 4.90 Å². The van der Waals surface area contributed by atoms with E-state index in [1.807, 2.05) is 24.3 Å². The fourth-order valence-corrected chi connectivity index (χ4v) is 5.38. The standard InChI is InChI=1S/C22H26N2O4/c1-4-14-12-24-10-9-22(17-7-5-6-8-18(17)23-21(22)26)19(24)11-15(14)16(13-27-2)20(25)28-3/h4-8,13-15,19H,1,9-12H2,2-3H3,(H,23,26)/t14?,15?,19?,22-/m0/s1. The van der Waals surface area contributed by atoms with Crippen LogP contribution >= 0.6 is 0 Å². The molecule has 4 atom stereocenters. The normalized spacial score (nSPS) is 31.9. The van der Waals surface area contributed by atoms with Gasteiger partial charge in [-0.15, -0.1) is 6.58 Å². The van der Waals surface area contributed by atoms with Crippen molar-refractivity contribution < 1.29 is 19.1 Å². The second kappa shape index (κ2) is 7.09. The van der Waals surface area contributed by atoms with E-state index in [0.29, 0.717) is 12.0 Å². The van der Waals surface area contributed by atoms with Crippen molar-refractivity contribution in [2.75, 3.05) is 32.6 Å². The monoisotopic (exact) mass is 382 g/mol. The summed E-state index contributed by atoms with van der Waals surface area (Å²) < 4.78 is 10.2. The Balaban J connectivity index is 1.75. The Bertz CT molecular complexity index is 849. The molecule has 3 heterocycles. The first kappa shape index (κ1) is 18.7. The number of benzene rings is 1. The van der Waals surface area contributed by atoms with Gasteiger partial charge in [-0.05, 0) is 36.9 Å². The van der Waals surface area contributed by atoms with Crippen LogP contribution in [0.1, 0.15) is 18.4 Å². The second-order valence-corrected chi connectivity index (χ2v) is 7.77. The summed E-state index contributed by atoms with van der Waals surface area (Å²) in [5.74, 6) is -0.351. The third-order valence-corrected chi connectivity index (χ3v) is 6.67. The molecule has 0 aromatic heterocycles. The zero-order valence-electron chi connectivity index (χ0n) is 16.3. The molecule has 2 saturated heterocycles. The molecule has 0 radical (unpaired) electrons. The summed E-state index contributed by atoms with van der Waals surface area (Å²) >= 11 is 0. The highest BCUT2D eigenvalue weighted by atomic mass is 16.5. The van der Waals surface area contributed by atoms with Gasteiger partial charge in [0.05, 0.1) is 31.5 Å². The maximum Gasteiger partial charge on any atom is 0.337 e. The molecule has 0 aliphatic carbocycles. The molecular weight excluding hydrogens is 356 g/mol. The summed E-state index contributed by atoms with van der Waals surface area (Å²) in [6.07, 6.45) is 4.83. The minimum Gasteiger partial charge on any atom is -0.504 e. The molecule has 1 amide bonds. The van der Waals surface area contributed by atoms with Gasteiger partial charge in [0, 0.05) is 24.2 Å². The average molecular weight is 382 g/mol. The third-order valence-electron chi connectivity index (χ3n) is 6.67. The number of carbonyl (C=O) groups is 2. The molecular formula is C22H26N2O4. The molecule has 3 aliphatic rings. The van der Waals surface area contributed by atoms with Gasteiger partial charge in [-0.1, -0.05) is 24.3 Å². The first-order valence-corrected chi connectivity index (χ1v) is 9.65. The molecule has 3 unspecified atom stereocenters. The number of nitrogens with zero attached hydrogens (tertiary/aromatic N) is 1. The van der Waals surface area contributed by atoms with E-state index >= 15 is 0 Å². The highest BCUT2D eigenvalue weighted by Crippen LogP contribution is 2.52. The van der Waals surface area contributed by atoms with Crippen LogP contribution in [-0.4, -0.2) is 50.1 Å². The Morgan fingerprint density at radius 1 is 1.36 bits per heavy atom. The molecule has 0 saturated carbocycles. The van der Waals surface area contributed by atoms with Gasteiger partial charge in [-0.2, -0.15) is 0 Å². The van der Waals surface area contributed by atoms with Crippen LogP contribution in [0.5, 0.6) is 0 Å². The lowest BCUT2D eigenvalue weighted by atomic mass is 9.68. The number of fused-ring (bicyclic) bond motifs is 4. The lowest BCUT2D eigenvalue weighted by Gasteiger charge is -2.44. The lowest BCUT2D eigenvalue weighted by Crippen LogP contribution is -2.53. The van der Waals surface area contributed by atoms with E-state index < -0.39 is 11.4 Å². The Labute approximate surface area is 165 Å². The molecule has 4 rings (SSSR count). The quantitative estimate of drug-likeness (QED) is 0.375. The predicted molar refractivity (Wildman–Crippen MR) is 106 cm³/mol. The van der Waals surface area contributed by atoms with Gasteiger partial charge in [0.1, 0.15) is 0 Å². The Morgan fingerprint density at radius 3 is 2.86 bits per heavy atom. The SMILES string of the molecule is C=CC1CN2CC[C@@]3(C(=O)Nc4ccccc43)C2CC1C(=COC)C(=O)OC. The molecule has 6 nitrogen and oxygen atoms in total. The Kier molecular flexibility index (Phi) is 4.75. The summed E-state index contributed by atoms with van der Waals surface area (Å²) in [5, 5.41) is 3.07. The second-order valence-electron chi connectivity index (χ2n) is 7.77. The van der Waals surface area contributed by atoms with Crippen LogP contribution in [0.25, 0.3) is 0 Å². The van der Waals surface area contributed by atoms with E-state index in [1.54, 1.807) is 0 Å². The van der Waals surface area contributed by atoms with Crippen LogP contribution in [0.4, 0.5) is 5.69 Å². The van der Waals surface area contributed by atoms with Crippen LogP contribution in [0, 0.1) is 11.8 Å². The number of anilines is 1. The topological polar surface area (TPSA) is 67.9 Å². The first-order chi connectivity index (χ1) is 13.6. The number of carbonyl (C=O) groups excluding carboxylic acids is 2. The van der Waals surface area contributed by atoms with Crippen LogP contribution in [-0.2, 0) is 24.5 Å². The van der Waals surface area contributed by atoms with Gasteiger partial charge in [-0.25, -0.2) is 4.79 Å². The maximum atomic E-state index is 13.2. The summed E-state index contributed by atoms with van der Waals surface area (Å²) in [4.78, 5) is 28.0. The van der Waals surface area contributed by atoms with Crippen molar-refractivity contribution in [3.05, 3.63) is 54.3 Å². The summed E-state index contributed by atoms with van der Waals surface area (Å²) in [6.45, 7) is 5.60. The number of piperidine rings is 1. The van der Waals surface area contributed by atoms with E-state index in [1.165, 1.54) is 20.5 Å². The van der Waals surface area contributed by atoms with Gasteiger partial charge in [0.2, 0.25) is 5.91 Å². The van der Waals surface area contributed by atoms with Gasteiger partial charge in [0.15, 0.2) is 0 Å². The van der Waals surface area contributed by atoms with Crippen LogP contribution in [0.15, 0.2) is 48.8 Å². The molecule has 3 aliphatic heterocycles. The molecule has 6 heteroatoms. The minimum absolute atomic E-state index is 0.0160. The number of ether oxygens (including phenoxy) is 2. The van der Waals surface area contributed by atoms with Crippen molar-refractivity contribution in [3.8, 4) is 0 Å². The van der Waals surface area contributed by atoms with E-state index in [9.17, 15) is 9.59 Å². The molecule has 28 heavy (non-hydrogen) atoms. The van der Waals surface area contributed by atoms with Crippen molar-refractivity contribution in [2.24, 2.45) is 11.8 Å². The number of nitrogens with one attached hydrogen (secondary N) is 1. The lowest BCUT2D eigenvalue weighted by molar-refractivity contribution is -0.137. The average Bonchev–Trinajstić information content (AvgIpc) is 3.23. The fourth-order valence-electron chi connectivity index (χ4n) is 5.38. The minimum atomic E-state index is -0.574. The zero-order valence-corrected chi connectivity index (χ0v) is 16.3. The van der Waals surface area contributed by atoms with Crippen molar-refractivity contribution >= 4 is 17.6 Å². The van der Waals surface area contributed by atoms with Gasteiger partial charge >= 0.3 is 5.97 Å². The number of rotatable bonds is 4. The summed E-state index contributed by atoms with van der Waals surface area (Å²) in [5.41, 5.74) is 1.90. The number of hydrogen-bond acceptors (Lipinski definition) is 5. The molecule has 0 bridgehead atoms. The highest BCUT2D eigenvalue weighted by Gasteiger charge is 2.60. The number of esters is 1. The maximum absolute atomic E-state index is 13.2. The Hall–Kier alpha value is -2.60. The summed E-state index contributed by atoms with van der Waals surface area (Å²) in [6, 6.07) is 7.96. The highest BCUT2D eigenvalue weighted by molar-refractivity contribution is 6.07.